The number of benzene rings is 1. The molecule has 0 aromatic heterocycles. The fourth-order valence-electron chi connectivity index (χ4n) is 5.35. The third kappa shape index (κ3) is 6.95. The molecular formula is C25H36F2O3. The van der Waals surface area contributed by atoms with Crippen LogP contribution in [0.15, 0.2) is 24.3 Å². The van der Waals surface area contributed by atoms with E-state index in [1.807, 2.05) is 0 Å². The van der Waals surface area contributed by atoms with Crippen LogP contribution >= 0.6 is 0 Å². The molecule has 1 aromatic rings. The van der Waals surface area contributed by atoms with Gasteiger partial charge in [0.25, 0.3) is 0 Å². The first-order chi connectivity index (χ1) is 14.5. The van der Waals surface area contributed by atoms with Crippen molar-refractivity contribution in [1.29, 1.82) is 0 Å². The molecular weight excluding hydrogens is 386 g/mol. The number of carbonyl (C=O) groups excluding carboxylic acids is 1. The van der Waals surface area contributed by atoms with Crippen molar-refractivity contribution < 1.29 is 23.0 Å². The lowest BCUT2D eigenvalue weighted by Gasteiger charge is -2.37. The number of ether oxygens (including phenoxy) is 2. The second kappa shape index (κ2) is 11.7. The number of rotatable bonds is 9. The Hall–Kier alpha value is -1.65. The minimum absolute atomic E-state index is 0.0522. The molecule has 3 rings (SSSR count). The Morgan fingerprint density at radius 1 is 0.900 bits per heavy atom. The molecule has 5 heteroatoms. The van der Waals surface area contributed by atoms with Crippen molar-refractivity contribution in [2.45, 2.75) is 90.6 Å². The summed E-state index contributed by atoms with van der Waals surface area (Å²) in [5.41, 5.74) is 0. The lowest BCUT2D eigenvalue weighted by Crippen LogP contribution is -2.30. The Labute approximate surface area is 179 Å². The lowest BCUT2D eigenvalue weighted by atomic mass is 9.68. The normalized spacial score (nSPS) is 27.1. The second-order valence-electron chi connectivity index (χ2n) is 9.16. The molecule has 0 unspecified atom stereocenters. The predicted octanol–water partition coefficient (Wildman–Crippen LogP) is 7.39. The van der Waals surface area contributed by atoms with Crippen molar-refractivity contribution in [2.24, 2.45) is 23.7 Å². The highest BCUT2D eigenvalue weighted by Gasteiger charge is 2.33. The minimum Gasteiger partial charge on any atom is -0.435 e. The third-order valence-electron chi connectivity index (χ3n) is 7.15. The zero-order chi connectivity index (χ0) is 21.3. The molecule has 2 aliphatic rings. The zero-order valence-electron chi connectivity index (χ0n) is 18.2. The molecule has 2 aliphatic carbocycles. The summed E-state index contributed by atoms with van der Waals surface area (Å²) >= 11 is 0. The van der Waals surface area contributed by atoms with Gasteiger partial charge in [0.05, 0.1) is 5.92 Å². The summed E-state index contributed by atoms with van der Waals surface area (Å²) in [7, 11) is 0. The van der Waals surface area contributed by atoms with Crippen molar-refractivity contribution in [3.8, 4) is 11.5 Å². The van der Waals surface area contributed by atoms with Crippen molar-refractivity contribution in [3.63, 3.8) is 0 Å². The van der Waals surface area contributed by atoms with Crippen molar-refractivity contribution >= 4 is 5.97 Å². The summed E-state index contributed by atoms with van der Waals surface area (Å²) in [6.45, 7) is -0.588. The van der Waals surface area contributed by atoms with Gasteiger partial charge >= 0.3 is 12.6 Å². The Morgan fingerprint density at radius 3 is 2.03 bits per heavy atom. The Kier molecular flexibility index (Phi) is 8.95. The maximum Gasteiger partial charge on any atom is 0.387 e. The van der Waals surface area contributed by atoms with Crippen LogP contribution in [0.3, 0.4) is 0 Å². The van der Waals surface area contributed by atoms with Gasteiger partial charge in [-0.1, -0.05) is 45.4 Å². The maximum absolute atomic E-state index is 12.5. The van der Waals surface area contributed by atoms with E-state index in [1.165, 1.54) is 75.6 Å². The fourth-order valence-corrected chi connectivity index (χ4v) is 5.35. The van der Waals surface area contributed by atoms with Gasteiger partial charge in [0, 0.05) is 0 Å². The van der Waals surface area contributed by atoms with E-state index in [-0.39, 0.29) is 17.6 Å². The van der Waals surface area contributed by atoms with Gasteiger partial charge < -0.3 is 9.47 Å². The van der Waals surface area contributed by atoms with Crippen LogP contribution in [0.5, 0.6) is 11.5 Å². The van der Waals surface area contributed by atoms with Gasteiger partial charge in [-0.05, 0) is 80.5 Å². The van der Waals surface area contributed by atoms with Crippen LogP contribution in [0, 0.1) is 23.7 Å². The van der Waals surface area contributed by atoms with Crippen LogP contribution < -0.4 is 9.47 Å². The maximum atomic E-state index is 12.5. The predicted molar refractivity (Wildman–Crippen MR) is 114 cm³/mol. The van der Waals surface area contributed by atoms with Crippen LogP contribution in [-0.2, 0) is 4.79 Å². The summed E-state index contributed by atoms with van der Waals surface area (Å²) in [4.78, 5) is 12.5. The Balaban J connectivity index is 1.37. The van der Waals surface area contributed by atoms with Gasteiger partial charge in [-0.25, -0.2) is 0 Å². The molecule has 0 saturated heterocycles. The Bertz CT molecular complexity index is 630. The third-order valence-corrected chi connectivity index (χ3v) is 7.15. The molecule has 2 saturated carbocycles. The number of esters is 1. The average Bonchev–Trinajstić information content (AvgIpc) is 2.75. The van der Waals surface area contributed by atoms with Crippen LogP contribution in [0.1, 0.15) is 84.0 Å². The van der Waals surface area contributed by atoms with E-state index in [1.54, 1.807) is 0 Å². The topological polar surface area (TPSA) is 35.5 Å². The van der Waals surface area contributed by atoms with E-state index in [0.29, 0.717) is 5.75 Å². The Morgan fingerprint density at radius 2 is 1.47 bits per heavy atom. The molecule has 30 heavy (non-hydrogen) atoms. The monoisotopic (exact) mass is 422 g/mol. The molecule has 0 N–H and O–H groups in total. The SMILES string of the molecule is CCCCC[C@H]1CC[C@H]([C@H]2CC[C@H](C(=O)Oc3ccc(OC(F)F)cc3)CC2)CC1. The molecule has 0 heterocycles. The second-order valence-corrected chi connectivity index (χ2v) is 9.16. The first-order valence-corrected chi connectivity index (χ1v) is 11.8. The highest BCUT2D eigenvalue weighted by atomic mass is 19.3. The van der Waals surface area contributed by atoms with E-state index < -0.39 is 6.61 Å². The molecule has 1 aromatic carbocycles. The number of unbranched alkanes of at least 4 members (excludes halogenated alkanes) is 2. The van der Waals surface area contributed by atoms with Crippen LogP contribution in [-0.4, -0.2) is 12.6 Å². The van der Waals surface area contributed by atoms with Gasteiger partial charge in [0.1, 0.15) is 11.5 Å². The number of halogens is 2. The number of carbonyl (C=O) groups is 1. The van der Waals surface area contributed by atoms with Gasteiger partial charge in [-0.15, -0.1) is 0 Å². The highest BCUT2D eigenvalue weighted by molar-refractivity contribution is 5.75. The molecule has 0 amide bonds. The van der Waals surface area contributed by atoms with Crippen LogP contribution in [0.25, 0.3) is 0 Å². The van der Waals surface area contributed by atoms with Crippen molar-refractivity contribution in [1.82, 2.24) is 0 Å². The van der Waals surface area contributed by atoms with E-state index in [9.17, 15) is 13.6 Å². The summed E-state index contributed by atoms with van der Waals surface area (Å²) < 4.78 is 34.2. The first-order valence-electron chi connectivity index (χ1n) is 11.8. The number of hydrogen-bond donors (Lipinski definition) is 0. The molecule has 168 valence electrons. The van der Waals surface area contributed by atoms with E-state index in [0.717, 1.165) is 43.4 Å². The number of hydrogen-bond acceptors (Lipinski definition) is 3. The minimum atomic E-state index is -2.86. The molecule has 0 spiro atoms. The van der Waals surface area contributed by atoms with Gasteiger partial charge in [-0.2, -0.15) is 8.78 Å². The zero-order valence-corrected chi connectivity index (χ0v) is 18.2. The molecule has 2 fully saturated rings. The van der Waals surface area contributed by atoms with Gasteiger partial charge in [0.15, 0.2) is 0 Å². The standard InChI is InChI=1S/C25H36F2O3/c1-2-3-4-5-18-6-8-19(9-7-18)20-10-12-21(13-11-20)24(28)29-22-14-16-23(17-15-22)30-25(26)27/h14-21,25H,2-13H2,1H3/t18-,19-,20-,21-. The molecule has 0 radical (unpaired) electrons. The summed E-state index contributed by atoms with van der Waals surface area (Å²) in [5, 5.41) is 0. The fraction of sp³-hybridized carbons (Fsp3) is 0.720. The molecule has 0 atom stereocenters. The molecule has 0 aliphatic heterocycles. The van der Waals surface area contributed by atoms with Crippen LogP contribution in [0.2, 0.25) is 0 Å². The van der Waals surface area contributed by atoms with Crippen molar-refractivity contribution in [2.75, 3.05) is 0 Å². The van der Waals surface area contributed by atoms with E-state index in [2.05, 4.69) is 11.7 Å². The van der Waals surface area contributed by atoms with Crippen LogP contribution in [0.4, 0.5) is 8.78 Å². The molecule has 0 bridgehead atoms. The summed E-state index contributed by atoms with van der Waals surface area (Å²) in [5.74, 6) is 2.73. The highest BCUT2D eigenvalue weighted by Crippen LogP contribution is 2.42. The van der Waals surface area contributed by atoms with Gasteiger partial charge in [0.2, 0.25) is 0 Å². The largest absolute Gasteiger partial charge is 0.435 e. The first kappa shape index (κ1) is 23.0. The smallest absolute Gasteiger partial charge is 0.387 e. The van der Waals surface area contributed by atoms with Gasteiger partial charge in [-0.3, -0.25) is 4.79 Å². The summed E-state index contributed by atoms with van der Waals surface area (Å²) in [6, 6.07) is 5.79. The van der Waals surface area contributed by atoms with E-state index >= 15 is 0 Å². The lowest BCUT2D eigenvalue weighted by molar-refractivity contribution is -0.140. The molecule has 3 nitrogen and oxygen atoms in total. The van der Waals surface area contributed by atoms with E-state index in [4.69, 9.17) is 4.74 Å². The van der Waals surface area contributed by atoms with Crippen molar-refractivity contribution in [3.05, 3.63) is 24.3 Å². The average molecular weight is 423 g/mol. The quantitative estimate of drug-likeness (QED) is 0.236. The number of alkyl halides is 2. The summed E-state index contributed by atoms with van der Waals surface area (Å²) in [6.07, 6.45) is 15.0.